The van der Waals surface area contributed by atoms with E-state index in [0.717, 1.165) is 19.4 Å². The van der Waals surface area contributed by atoms with E-state index in [4.69, 9.17) is 0 Å². The Morgan fingerprint density at radius 1 is 1.56 bits per heavy atom. The van der Waals surface area contributed by atoms with E-state index in [-0.39, 0.29) is 12.0 Å². The van der Waals surface area contributed by atoms with Crippen molar-refractivity contribution in [1.82, 2.24) is 14.7 Å². The monoisotopic (exact) mass is 223 g/mol. The summed E-state index contributed by atoms with van der Waals surface area (Å²) in [7, 11) is 0. The number of aryl methyl sites for hydroxylation is 1. The van der Waals surface area contributed by atoms with Gasteiger partial charge in [-0.2, -0.15) is 5.10 Å². The van der Waals surface area contributed by atoms with Crippen molar-refractivity contribution in [3.8, 4) is 0 Å². The Balaban J connectivity index is 1.79. The van der Waals surface area contributed by atoms with E-state index in [1.807, 2.05) is 12.3 Å². The molecule has 2 rings (SSSR count). The molecule has 0 radical (unpaired) electrons. The van der Waals surface area contributed by atoms with Gasteiger partial charge in [-0.05, 0) is 18.9 Å². The Bertz CT molecular complexity index is 337. The van der Waals surface area contributed by atoms with Gasteiger partial charge in [0.15, 0.2) is 0 Å². The predicted octanol–water partition coefficient (Wildman–Crippen LogP) is 0.257. The second-order valence-electron chi connectivity index (χ2n) is 4.15. The number of likely N-dealkylation sites (tertiary alicyclic amines) is 1. The number of aliphatic hydroxyl groups excluding tert-OH is 1. The van der Waals surface area contributed by atoms with Crippen molar-refractivity contribution in [2.24, 2.45) is 0 Å². The van der Waals surface area contributed by atoms with E-state index < -0.39 is 0 Å². The molecule has 0 saturated carbocycles. The van der Waals surface area contributed by atoms with Crippen LogP contribution >= 0.6 is 0 Å². The first kappa shape index (κ1) is 11.1. The molecule has 0 bridgehead atoms. The molecule has 1 aromatic rings. The van der Waals surface area contributed by atoms with Crippen LogP contribution in [0.3, 0.4) is 0 Å². The highest BCUT2D eigenvalue weighted by molar-refractivity contribution is 5.76. The number of carbonyl (C=O) groups is 1. The van der Waals surface area contributed by atoms with Crippen LogP contribution in [-0.4, -0.2) is 44.9 Å². The van der Waals surface area contributed by atoms with E-state index in [1.54, 1.807) is 15.8 Å². The average Bonchev–Trinajstić information content (AvgIpc) is 2.78. The van der Waals surface area contributed by atoms with Crippen molar-refractivity contribution in [3.05, 3.63) is 18.5 Å². The number of hydrogen-bond donors (Lipinski definition) is 1. The lowest BCUT2D eigenvalue weighted by atomic mass is 10.1. The second kappa shape index (κ2) is 5.12. The van der Waals surface area contributed by atoms with Crippen LogP contribution in [0.15, 0.2) is 18.5 Å². The maximum Gasteiger partial charge on any atom is 0.224 e. The number of aliphatic hydroxyl groups is 1. The van der Waals surface area contributed by atoms with Crippen LogP contribution in [0.25, 0.3) is 0 Å². The highest BCUT2D eigenvalue weighted by Gasteiger charge is 2.21. The molecule has 1 aromatic heterocycles. The fraction of sp³-hybridized carbons (Fsp3) is 0.636. The first-order valence-electron chi connectivity index (χ1n) is 5.69. The van der Waals surface area contributed by atoms with Crippen LogP contribution in [0.4, 0.5) is 0 Å². The lowest BCUT2D eigenvalue weighted by Gasteiger charge is -2.30. The third-order valence-corrected chi connectivity index (χ3v) is 2.86. The van der Waals surface area contributed by atoms with Crippen molar-refractivity contribution in [2.45, 2.75) is 31.9 Å². The lowest BCUT2D eigenvalue weighted by Crippen LogP contribution is -2.42. The van der Waals surface area contributed by atoms with Crippen molar-refractivity contribution in [2.75, 3.05) is 13.1 Å². The number of hydrogen-bond acceptors (Lipinski definition) is 3. The van der Waals surface area contributed by atoms with Crippen molar-refractivity contribution >= 4 is 5.91 Å². The molecule has 0 aromatic carbocycles. The zero-order chi connectivity index (χ0) is 11.4. The molecule has 0 aliphatic carbocycles. The first-order chi connectivity index (χ1) is 7.75. The Hall–Kier alpha value is -1.36. The van der Waals surface area contributed by atoms with Gasteiger partial charge >= 0.3 is 0 Å². The van der Waals surface area contributed by atoms with E-state index in [0.29, 0.717) is 19.5 Å². The average molecular weight is 223 g/mol. The molecule has 5 nitrogen and oxygen atoms in total. The number of amides is 1. The summed E-state index contributed by atoms with van der Waals surface area (Å²) in [4.78, 5) is 13.6. The third-order valence-electron chi connectivity index (χ3n) is 2.86. The molecule has 0 unspecified atom stereocenters. The van der Waals surface area contributed by atoms with Crippen molar-refractivity contribution in [1.29, 1.82) is 0 Å². The van der Waals surface area contributed by atoms with Crippen molar-refractivity contribution in [3.63, 3.8) is 0 Å². The van der Waals surface area contributed by atoms with Gasteiger partial charge in [0.1, 0.15) is 0 Å². The molecule has 1 atom stereocenters. The lowest BCUT2D eigenvalue weighted by molar-refractivity contribution is -0.134. The van der Waals surface area contributed by atoms with Gasteiger partial charge < -0.3 is 10.0 Å². The van der Waals surface area contributed by atoms with Gasteiger partial charge in [-0.15, -0.1) is 0 Å². The zero-order valence-corrected chi connectivity index (χ0v) is 9.25. The van der Waals surface area contributed by atoms with Gasteiger partial charge in [0.2, 0.25) is 5.91 Å². The Morgan fingerprint density at radius 2 is 2.44 bits per heavy atom. The van der Waals surface area contributed by atoms with Crippen LogP contribution in [0.2, 0.25) is 0 Å². The van der Waals surface area contributed by atoms with E-state index in [1.165, 1.54) is 0 Å². The fourth-order valence-electron chi connectivity index (χ4n) is 1.98. The maximum absolute atomic E-state index is 11.8. The summed E-state index contributed by atoms with van der Waals surface area (Å²) in [6, 6.07) is 1.84. The second-order valence-corrected chi connectivity index (χ2v) is 4.15. The molecule has 1 N–H and O–H groups in total. The Labute approximate surface area is 94.7 Å². The number of carbonyl (C=O) groups excluding carboxylic acids is 1. The van der Waals surface area contributed by atoms with Crippen LogP contribution in [0.5, 0.6) is 0 Å². The quantitative estimate of drug-likeness (QED) is 0.799. The Morgan fingerprint density at radius 3 is 3.12 bits per heavy atom. The smallest absolute Gasteiger partial charge is 0.224 e. The fourth-order valence-corrected chi connectivity index (χ4v) is 1.98. The minimum absolute atomic E-state index is 0.106. The topological polar surface area (TPSA) is 58.4 Å². The third kappa shape index (κ3) is 2.82. The normalized spacial score (nSPS) is 21.1. The summed E-state index contributed by atoms with van der Waals surface area (Å²) in [5.74, 6) is 0.106. The molecule has 16 heavy (non-hydrogen) atoms. The summed E-state index contributed by atoms with van der Waals surface area (Å²) >= 11 is 0. The molecule has 1 aliphatic heterocycles. The van der Waals surface area contributed by atoms with E-state index in [9.17, 15) is 9.90 Å². The van der Waals surface area contributed by atoms with Crippen LogP contribution in [0, 0.1) is 0 Å². The number of nitrogens with zero attached hydrogens (tertiary/aromatic N) is 3. The predicted molar refractivity (Wildman–Crippen MR) is 58.7 cm³/mol. The molecule has 88 valence electrons. The van der Waals surface area contributed by atoms with Crippen molar-refractivity contribution < 1.29 is 9.90 Å². The van der Waals surface area contributed by atoms with Crippen LogP contribution in [0.1, 0.15) is 19.3 Å². The minimum Gasteiger partial charge on any atom is -0.391 e. The van der Waals surface area contributed by atoms with Crippen LogP contribution < -0.4 is 0 Å². The van der Waals surface area contributed by atoms with Crippen LogP contribution in [-0.2, 0) is 11.3 Å². The number of aromatic nitrogens is 2. The molecular formula is C11H17N3O2. The number of β-amino-alcohol motifs (C(OH)–C–C–N with tert-alkyl or cyclic N) is 1. The first-order valence-corrected chi connectivity index (χ1v) is 5.69. The molecule has 2 heterocycles. The number of piperidine rings is 1. The SMILES string of the molecule is O=C(CCn1cccn1)N1CCC[C@H](O)C1. The largest absolute Gasteiger partial charge is 0.391 e. The summed E-state index contributed by atoms with van der Waals surface area (Å²) < 4.78 is 1.75. The highest BCUT2D eigenvalue weighted by Crippen LogP contribution is 2.11. The summed E-state index contributed by atoms with van der Waals surface area (Å²) in [6.07, 6.45) is 5.36. The molecule has 1 fully saturated rings. The highest BCUT2D eigenvalue weighted by atomic mass is 16.3. The van der Waals surface area contributed by atoms with E-state index in [2.05, 4.69) is 5.10 Å². The summed E-state index contributed by atoms with van der Waals surface area (Å²) in [5.41, 5.74) is 0. The van der Waals surface area contributed by atoms with Gasteiger partial charge in [0.05, 0.1) is 6.10 Å². The zero-order valence-electron chi connectivity index (χ0n) is 9.25. The molecule has 1 amide bonds. The van der Waals surface area contributed by atoms with Gasteiger partial charge in [-0.25, -0.2) is 0 Å². The summed E-state index contributed by atoms with van der Waals surface area (Å²) in [6.45, 7) is 1.87. The molecular weight excluding hydrogens is 206 g/mol. The molecule has 1 saturated heterocycles. The minimum atomic E-state index is -0.345. The van der Waals surface area contributed by atoms with Gasteiger partial charge in [0, 0.05) is 38.4 Å². The van der Waals surface area contributed by atoms with Gasteiger partial charge in [0.25, 0.3) is 0 Å². The van der Waals surface area contributed by atoms with E-state index >= 15 is 0 Å². The standard InChI is InChI=1S/C11H17N3O2/c15-10-3-1-6-13(9-10)11(16)4-8-14-7-2-5-12-14/h2,5,7,10,15H,1,3-4,6,8-9H2/t10-/m0/s1. The Kier molecular flexibility index (Phi) is 3.56. The van der Waals surface area contributed by atoms with Gasteiger partial charge in [-0.1, -0.05) is 0 Å². The molecule has 1 aliphatic rings. The number of rotatable bonds is 3. The van der Waals surface area contributed by atoms with Gasteiger partial charge in [-0.3, -0.25) is 9.48 Å². The maximum atomic E-state index is 11.8. The summed E-state index contributed by atoms with van der Waals surface area (Å²) in [5, 5.41) is 13.5. The molecule has 0 spiro atoms. The molecule has 5 heteroatoms.